The van der Waals surface area contributed by atoms with E-state index < -0.39 is 29.5 Å². The molecule has 1 rings (SSSR count). The van der Waals surface area contributed by atoms with E-state index in [9.17, 15) is 9.59 Å². The Morgan fingerprint density at radius 3 is 2.30 bits per heavy atom. The van der Waals surface area contributed by atoms with Gasteiger partial charge in [-0.25, -0.2) is 0 Å². The Balaban J connectivity index is 3.20. The maximum Gasteiger partial charge on any atom is 0.321 e. The van der Waals surface area contributed by atoms with Crippen molar-refractivity contribution >= 4 is 23.5 Å². The van der Waals surface area contributed by atoms with E-state index in [4.69, 9.17) is 27.2 Å². The fourth-order valence-corrected chi connectivity index (χ4v) is 1.96. The number of carboxylic acids is 1. The molecular weight excluding hydrogens is 282 g/mol. The third-order valence-corrected chi connectivity index (χ3v) is 2.89. The number of carbonyl (C=O) groups is 2. The first-order chi connectivity index (χ1) is 9.13. The maximum atomic E-state index is 12.2. The quantitative estimate of drug-likeness (QED) is 0.832. The molecule has 3 N–H and O–H groups in total. The second-order valence-electron chi connectivity index (χ2n) is 5.40. The molecule has 6 heteroatoms. The van der Waals surface area contributed by atoms with Crippen LogP contribution in [0.5, 0.6) is 0 Å². The van der Waals surface area contributed by atoms with Gasteiger partial charge in [0.15, 0.2) is 0 Å². The number of carbonyl (C=O) groups excluding carboxylic acids is 1. The van der Waals surface area contributed by atoms with Gasteiger partial charge in [0.05, 0.1) is 0 Å². The van der Waals surface area contributed by atoms with Crippen molar-refractivity contribution in [1.82, 2.24) is 0 Å². The Labute approximate surface area is 122 Å². The molecule has 0 aliphatic carbocycles. The number of benzene rings is 1. The van der Waals surface area contributed by atoms with Crippen LogP contribution in [0.2, 0.25) is 5.02 Å². The third kappa shape index (κ3) is 4.21. The SMILES string of the molecule is CC(C)(C)OC(=O)[C@H](c1ccccc1Cl)[C@@H](N)C(=O)O. The minimum Gasteiger partial charge on any atom is -0.480 e. The molecule has 1 aromatic rings. The average Bonchev–Trinajstić information content (AvgIpc) is 2.29. The maximum absolute atomic E-state index is 12.2. The molecule has 0 spiro atoms. The summed E-state index contributed by atoms with van der Waals surface area (Å²) in [6.45, 7) is 5.09. The number of rotatable bonds is 4. The van der Waals surface area contributed by atoms with Crippen molar-refractivity contribution in [3.05, 3.63) is 34.9 Å². The summed E-state index contributed by atoms with van der Waals surface area (Å²) in [4.78, 5) is 23.4. The largest absolute Gasteiger partial charge is 0.480 e. The van der Waals surface area contributed by atoms with E-state index in [-0.39, 0.29) is 5.02 Å². The zero-order chi connectivity index (χ0) is 15.5. The highest BCUT2D eigenvalue weighted by molar-refractivity contribution is 6.31. The van der Waals surface area contributed by atoms with Gasteiger partial charge in [-0.05, 0) is 32.4 Å². The van der Waals surface area contributed by atoms with Gasteiger partial charge >= 0.3 is 11.9 Å². The van der Waals surface area contributed by atoms with Crippen LogP contribution in [0, 0.1) is 0 Å². The lowest BCUT2D eigenvalue weighted by atomic mass is 9.91. The summed E-state index contributed by atoms with van der Waals surface area (Å²) >= 11 is 6.03. The van der Waals surface area contributed by atoms with E-state index in [0.29, 0.717) is 5.56 Å². The minimum atomic E-state index is -1.43. The van der Waals surface area contributed by atoms with Gasteiger partial charge < -0.3 is 15.6 Å². The second-order valence-corrected chi connectivity index (χ2v) is 5.80. The Morgan fingerprint density at radius 2 is 1.85 bits per heavy atom. The lowest BCUT2D eigenvalue weighted by molar-refractivity contribution is -0.160. The molecule has 0 fully saturated rings. The molecule has 0 bridgehead atoms. The third-order valence-electron chi connectivity index (χ3n) is 2.55. The van der Waals surface area contributed by atoms with Crippen LogP contribution < -0.4 is 5.73 Å². The van der Waals surface area contributed by atoms with Crippen LogP contribution in [0.15, 0.2) is 24.3 Å². The van der Waals surface area contributed by atoms with Crippen molar-refractivity contribution in [3.63, 3.8) is 0 Å². The van der Waals surface area contributed by atoms with Crippen LogP contribution in [0.4, 0.5) is 0 Å². The van der Waals surface area contributed by atoms with Crippen LogP contribution in [0.25, 0.3) is 0 Å². The molecule has 110 valence electrons. The first kappa shape index (κ1) is 16.5. The molecule has 5 nitrogen and oxygen atoms in total. The molecular formula is C14H18ClNO4. The molecule has 0 saturated carbocycles. The first-order valence-electron chi connectivity index (χ1n) is 6.09. The topological polar surface area (TPSA) is 89.6 Å². The van der Waals surface area contributed by atoms with E-state index >= 15 is 0 Å². The predicted molar refractivity (Wildman–Crippen MR) is 75.6 cm³/mol. The predicted octanol–water partition coefficient (Wildman–Crippen LogP) is 2.18. The van der Waals surface area contributed by atoms with E-state index in [1.54, 1.807) is 45.0 Å². The van der Waals surface area contributed by atoms with Crippen LogP contribution in [-0.4, -0.2) is 28.7 Å². The lowest BCUT2D eigenvalue weighted by Crippen LogP contribution is -2.43. The van der Waals surface area contributed by atoms with Crippen LogP contribution in [0.1, 0.15) is 32.3 Å². The van der Waals surface area contributed by atoms with Crippen molar-refractivity contribution in [2.45, 2.75) is 38.3 Å². The second kappa shape index (κ2) is 6.24. The van der Waals surface area contributed by atoms with Gasteiger partial charge in [-0.15, -0.1) is 0 Å². The van der Waals surface area contributed by atoms with Crippen molar-refractivity contribution < 1.29 is 19.4 Å². The fourth-order valence-electron chi connectivity index (χ4n) is 1.70. The molecule has 1 aromatic carbocycles. The normalized spacial score (nSPS) is 14.4. The zero-order valence-corrected chi connectivity index (χ0v) is 12.3. The molecule has 0 aromatic heterocycles. The summed E-state index contributed by atoms with van der Waals surface area (Å²) in [7, 11) is 0. The Bertz CT molecular complexity index is 510. The summed E-state index contributed by atoms with van der Waals surface area (Å²) in [6.07, 6.45) is 0. The standard InChI is InChI=1S/C14H18ClNO4/c1-14(2,3)20-13(19)10(11(16)12(17)18)8-6-4-5-7-9(8)15/h4-7,10-11H,16H2,1-3H3,(H,17,18)/t10-,11-/m1/s1. The number of nitrogens with two attached hydrogens (primary N) is 1. The van der Waals surface area contributed by atoms with Crippen LogP contribution in [0.3, 0.4) is 0 Å². The number of aliphatic carboxylic acids is 1. The van der Waals surface area contributed by atoms with Crippen molar-refractivity contribution in [1.29, 1.82) is 0 Å². The molecule has 0 unspecified atom stereocenters. The van der Waals surface area contributed by atoms with E-state index in [0.717, 1.165) is 0 Å². The summed E-state index contributed by atoms with van der Waals surface area (Å²) in [5, 5.41) is 9.35. The molecule has 2 atom stereocenters. The highest BCUT2D eigenvalue weighted by Crippen LogP contribution is 2.29. The fraction of sp³-hybridized carbons (Fsp3) is 0.429. The van der Waals surface area contributed by atoms with Gasteiger partial charge in [-0.1, -0.05) is 29.8 Å². The number of esters is 1. The number of halogens is 1. The summed E-state index contributed by atoms with van der Waals surface area (Å²) in [6, 6.07) is 5.06. The molecule has 0 amide bonds. The lowest BCUT2D eigenvalue weighted by Gasteiger charge is -2.26. The minimum absolute atomic E-state index is 0.278. The van der Waals surface area contributed by atoms with Gasteiger partial charge in [-0.2, -0.15) is 0 Å². The van der Waals surface area contributed by atoms with Crippen LogP contribution in [-0.2, 0) is 14.3 Å². The van der Waals surface area contributed by atoms with Gasteiger partial charge in [0.1, 0.15) is 17.6 Å². The van der Waals surface area contributed by atoms with Gasteiger partial charge in [-0.3, -0.25) is 9.59 Å². The van der Waals surface area contributed by atoms with Crippen molar-refractivity contribution in [3.8, 4) is 0 Å². The Kier molecular flexibility index (Phi) is 5.14. The highest BCUT2D eigenvalue weighted by atomic mass is 35.5. The molecule has 0 aliphatic heterocycles. The first-order valence-corrected chi connectivity index (χ1v) is 6.47. The average molecular weight is 300 g/mol. The van der Waals surface area contributed by atoms with E-state index in [1.807, 2.05) is 0 Å². The number of hydrogen-bond acceptors (Lipinski definition) is 4. The molecule has 0 saturated heterocycles. The summed E-state index contributed by atoms with van der Waals surface area (Å²) in [5.41, 5.74) is 5.23. The van der Waals surface area contributed by atoms with E-state index in [1.165, 1.54) is 0 Å². The van der Waals surface area contributed by atoms with Gasteiger partial charge in [0.2, 0.25) is 0 Å². The number of ether oxygens (including phenoxy) is 1. The van der Waals surface area contributed by atoms with Crippen molar-refractivity contribution in [2.75, 3.05) is 0 Å². The monoisotopic (exact) mass is 299 g/mol. The smallest absolute Gasteiger partial charge is 0.321 e. The van der Waals surface area contributed by atoms with Crippen LogP contribution >= 0.6 is 11.6 Å². The Morgan fingerprint density at radius 1 is 1.30 bits per heavy atom. The number of hydrogen-bond donors (Lipinski definition) is 2. The summed E-state index contributed by atoms with van der Waals surface area (Å²) in [5.74, 6) is -3.15. The van der Waals surface area contributed by atoms with Crippen molar-refractivity contribution in [2.24, 2.45) is 5.73 Å². The van der Waals surface area contributed by atoms with Gasteiger partial charge in [0.25, 0.3) is 0 Å². The molecule has 20 heavy (non-hydrogen) atoms. The molecule has 0 heterocycles. The highest BCUT2D eigenvalue weighted by Gasteiger charge is 2.36. The zero-order valence-electron chi connectivity index (χ0n) is 11.6. The molecule has 0 aliphatic rings. The number of carboxylic acid groups (broad SMARTS) is 1. The Hall–Kier alpha value is -1.59. The van der Waals surface area contributed by atoms with E-state index in [2.05, 4.69) is 0 Å². The molecule has 0 radical (unpaired) electrons. The summed E-state index contributed by atoms with van der Waals surface area (Å²) < 4.78 is 5.24. The van der Waals surface area contributed by atoms with Gasteiger partial charge in [0, 0.05) is 5.02 Å².